The number of carbonyl (C=O) groups is 3. The molecule has 0 bridgehead atoms. The molecule has 3 aromatic rings. The van der Waals surface area contributed by atoms with Gasteiger partial charge in [-0.25, -0.2) is 0 Å². The van der Waals surface area contributed by atoms with Crippen LogP contribution in [0, 0.1) is 11.8 Å². The quantitative estimate of drug-likeness (QED) is 0.371. The number of likely N-dealkylation sites (tertiary alicyclic amines) is 1. The normalized spacial score (nSPS) is 29.3. The fraction of sp³-hybridized carbons (Fsp3) is 0.324. The molecule has 1 N–H and O–H groups in total. The Morgan fingerprint density at radius 2 is 1.52 bits per heavy atom. The van der Waals surface area contributed by atoms with Crippen LogP contribution in [0.3, 0.4) is 0 Å². The van der Waals surface area contributed by atoms with E-state index in [1.165, 1.54) is 4.90 Å². The lowest BCUT2D eigenvalue weighted by Gasteiger charge is -2.41. The number of para-hydroxylation sites is 1. The van der Waals surface area contributed by atoms with E-state index in [1.807, 2.05) is 91.9 Å². The molecule has 2 fully saturated rings. The molecular weight excluding hydrogens is 602 g/mol. The Morgan fingerprint density at radius 1 is 0.848 bits per heavy atom. The topological polar surface area (TPSA) is 90.4 Å². The summed E-state index contributed by atoms with van der Waals surface area (Å²) in [6.45, 7) is 2.47. The van der Waals surface area contributed by atoms with Crippen molar-refractivity contribution in [3.63, 3.8) is 0 Å². The third kappa shape index (κ3) is 4.62. The summed E-state index contributed by atoms with van der Waals surface area (Å²) in [5.41, 5.74) is -0.419. The van der Waals surface area contributed by atoms with Gasteiger partial charge in [0.1, 0.15) is 11.6 Å². The van der Waals surface area contributed by atoms with Crippen LogP contribution < -0.4 is 4.90 Å². The second-order valence-electron chi connectivity index (χ2n) is 12.4. The molecule has 0 aliphatic carbocycles. The van der Waals surface area contributed by atoms with Crippen molar-refractivity contribution >= 4 is 35.0 Å². The molecule has 3 aromatic carbocycles. The molecule has 4 aliphatic heterocycles. The van der Waals surface area contributed by atoms with Crippen LogP contribution in [0.5, 0.6) is 0 Å². The molecule has 0 aromatic heterocycles. The van der Waals surface area contributed by atoms with Crippen LogP contribution >= 0.6 is 11.6 Å². The molecule has 0 radical (unpaired) electrons. The Morgan fingerprint density at radius 3 is 2.22 bits per heavy atom. The van der Waals surface area contributed by atoms with Crippen LogP contribution in [0.2, 0.25) is 5.02 Å². The summed E-state index contributed by atoms with van der Waals surface area (Å²) in [5, 5.41) is 11.2. The third-order valence-corrected chi connectivity index (χ3v) is 10.3. The molecule has 4 aliphatic rings. The lowest BCUT2D eigenvalue weighted by molar-refractivity contribution is -0.153. The summed E-state index contributed by atoms with van der Waals surface area (Å²) in [6, 6.07) is 24.0. The first-order valence-electron chi connectivity index (χ1n) is 15.8. The van der Waals surface area contributed by atoms with E-state index in [-0.39, 0.29) is 18.4 Å². The average Bonchev–Trinajstić information content (AvgIpc) is 3.37. The molecule has 4 heterocycles. The maximum atomic E-state index is 15.0. The molecule has 46 heavy (non-hydrogen) atoms. The van der Waals surface area contributed by atoms with Gasteiger partial charge in [0, 0.05) is 19.6 Å². The number of anilines is 1. The highest BCUT2D eigenvalue weighted by Gasteiger charge is 2.76. The summed E-state index contributed by atoms with van der Waals surface area (Å²) >= 11 is 6.61. The maximum Gasteiger partial charge on any atom is 0.253 e. The molecule has 0 saturated carbocycles. The number of aliphatic hydroxyl groups excluding tert-OH is 1. The Kier molecular flexibility index (Phi) is 7.83. The van der Waals surface area contributed by atoms with Gasteiger partial charge in [0.25, 0.3) is 5.91 Å². The number of aliphatic hydroxyl groups is 1. The van der Waals surface area contributed by atoms with Gasteiger partial charge in [-0.15, -0.1) is 0 Å². The van der Waals surface area contributed by atoms with E-state index in [4.69, 9.17) is 16.3 Å². The summed E-state index contributed by atoms with van der Waals surface area (Å²) < 4.78 is 7.12. The molecule has 3 amide bonds. The number of rotatable bonds is 7. The molecule has 2 saturated heterocycles. The van der Waals surface area contributed by atoms with Crippen molar-refractivity contribution in [2.75, 3.05) is 24.6 Å². The zero-order valence-corrected chi connectivity index (χ0v) is 26.3. The van der Waals surface area contributed by atoms with Crippen LogP contribution in [0.15, 0.2) is 109 Å². The molecule has 7 rings (SSSR count). The van der Waals surface area contributed by atoms with E-state index in [0.29, 0.717) is 35.8 Å². The number of amides is 3. The van der Waals surface area contributed by atoms with Crippen molar-refractivity contribution in [1.82, 2.24) is 9.80 Å². The Hall–Kier alpha value is -4.24. The number of nitrogens with zero attached hydrogens (tertiary/aromatic N) is 3. The smallest absolute Gasteiger partial charge is 0.253 e. The molecule has 8 nitrogen and oxygen atoms in total. The lowest BCUT2D eigenvalue weighted by Crippen LogP contribution is -2.57. The highest BCUT2D eigenvalue weighted by molar-refractivity contribution is 6.34. The van der Waals surface area contributed by atoms with Crippen molar-refractivity contribution in [1.29, 1.82) is 0 Å². The van der Waals surface area contributed by atoms with E-state index in [1.54, 1.807) is 34.1 Å². The highest BCUT2D eigenvalue weighted by Crippen LogP contribution is 2.60. The number of carbonyl (C=O) groups excluding carboxylic acids is 3. The van der Waals surface area contributed by atoms with E-state index < -0.39 is 47.6 Å². The number of hydrogen-bond donors (Lipinski definition) is 1. The van der Waals surface area contributed by atoms with Gasteiger partial charge in [-0.05, 0) is 29.7 Å². The van der Waals surface area contributed by atoms with Gasteiger partial charge >= 0.3 is 0 Å². The highest BCUT2D eigenvalue weighted by atomic mass is 35.5. The van der Waals surface area contributed by atoms with Crippen molar-refractivity contribution < 1.29 is 24.2 Å². The summed E-state index contributed by atoms with van der Waals surface area (Å²) in [6.07, 6.45) is 7.96. The molecule has 1 spiro atoms. The van der Waals surface area contributed by atoms with Crippen LogP contribution in [0.1, 0.15) is 30.5 Å². The van der Waals surface area contributed by atoms with Gasteiger partial charge in [0.05, 0.1) is 40.8 Å². The fourth-order valence-electron chi connectivity index (χ4n) is 7.95. The Balaban J connectivity index is 1.39. The van der Waals surface area contributed by atoms with Gasteiger partial charge in [-0.1, -0.05) is 116 Å². The first-order chi connectivity index (χ1) is 22.3. The van der Waals surface area contributed by atoms with Gasteiger partial charge in [-0.3, -0.25) is 14.4 Å². The second-order valence-corrected chi connectivity index (χ2v) is 12.8. The monoisotopic (exact) mass is 637 g/mol. The minimum Gasteiger partial charge on any atom is -0.394 e. The first-order valence-corrected chi connectivity index (χ1v) is 16.1. The fourth-order valence-corrected chi connectivity index (χ4v) is 8.19. The molecule has 236 valence electrons. The van der Waals surface area contributed by atoms with E-state index >= 15 is 4.79 Å². The third-order valence-electron chi connectivity index (χ3n) is 10.0. The van der Waals surface area contributed by atoms with Crippen molar-refractivity contribution in [2.24, 2.45) is 11.8 Å². The first kappa shape index (κ1) is 30.4. The number of hydrogen-bond acceptors (Lipinski definition) is 5. The van der Waals surface area contributed by atoms with Crippen molar-refractivity contribution in [3.05, 3.63) is 125 Å². The minimum absolute atomic E-state index is 0.195. The number of fused-ring (bicyclic) bond motifs is 2. The van der Waals surface area contributed by atoms with Gasteiger partial charge < -0.3 is 24.5 Å². The molecule has 1 unspecified atom stereocenters. The number of benzene rings is 3. The summed E-state index contributed by atoms with van der Waals surface area (Å²) in [4.78, 5) is 49.5. The van der Waals surface area contributed by atoms with Crippen LogP contribution in [0.25, 0.3) is 0 Å². The molecule has 6 atom stereocenters. The minimum atomic E-state index is -1.47. The van der Waals surface area contributed by atoms with E-state index in [9.17, 15) is 14.7 Å². The van der Waals surface area contributed by atoms with Gasteiger partial charge in [0.15, 0.2) is 0 Å². The largest absolute Gasteiger partial charge is 0.394 e. The van der Waals surface area contributed by atoms with E-state index in [2.05, 4.69) is 0 Å². The number of ether oxygens (including phenoxy) is 1. The Labute approximate surface area is 273 Å². The average molecular weight is 638 g/mol. The van der Waals surface area contributed by atoms with Crippen molar-refractivity contribution in [2.45, 2.75) is 43.2 Å². The van der Waals surface area contributed by atoms with Crippen LogP contribution in [-0.4, -0.2) is 69.6 Å². The lowest BCUT2D eigenvalue weighted by atomic mass is 9.73. The predicted octanol–water partition coefficient (Wildman–Crippen LogP) is 4.94. The van der Waals surface area contributed by atoms with Crippen molar-refractivity contribution in [3.8, 4) is 0 Å². The zero-order chi connectivity index (χ0) is 32.1. The maximum absolute atomic E-state index is 15.0. The molecule has 9 heteroatoms. The summed E-state index contributed by atoms with van der Waals surface area (Å²) in [5.74, 6) is -2.87. The predicted molar refractivity (Wildman–Crippen MR) is 175 cm³/mol. The zero-order valence-electron chi connectivity index (χ0n) is 25.5. The van der Waals surface area contributed by atoms with E-state index in [0.717, 1.165) is 5.56 Å². The SMILES string of the molecule is CC[C@]12C=CCN(Cc3ccccc3)C(=O)[C@H]1[C@H]1C(=O)N([C@H](CO)c3ccccc3)C3C(=O)N(c4ccccc4Cl)CC=C[C@@]31O2. The second kappa shape index (κ2) is 11.8. The van der Waals surface area contributed by atoms with Gasteiger partial charge in [0.2, 0.25) is 11.8 Å². The van der Waals surface area contributed by atoms with Crippen LogP contribution in [-0.2, 0) is 25.7 Å². The molecular formula is C37H36ClN3O5. The standard InChI is InChI=1S/C37H36ClN3O5/c1-2-36-19-11-21-39(23-25-13-5-3-6-14-25)33(43)30(36)31-34(44)41(29(24-42)26-15-7-4-8-16-26)32-35(45)40(22-12-20-37(31,32)46-36)28-18-10-9-17-27(28)38/h3-20,29-32,42H,2,21-24H2,1H3/t29-,30-,31+,32?,36+,37+/m1/s1. The Bertz CT molecular complexity index is 1710. The summed E-state index contributed by atoms with van der Waals surface area (Å²) in [7, 11) is 0. The van der Waals surface area contributed by atoms with Crippen LogP contribution in [0.4, 0.5) is 5.69 Å². The van der Waals surface area contributed by atoms with Gasteiger partial charge in [-0.2, -0.15) is 0 Å². The number of halogens is 1.